The van der Waals surface area contributed by atoms with E-state index in [0.29, 0.717) is 11.3 Å². The van der Waals surface area contributed by atoms with E-state index in [9.17, 15) is 5.26 Å². The minimum atomic E-state index is 0.496. The van der Waals surface area contributed by atoms with Gasteiger partial charge in [-0.15, -0.1) is 0 Å². The van der Waals surface area contributed by atoms with Gasteiger partial charge < -0.3 is 10.6 Å². The minimum absolute atomic E-state index is 0.496. The summed E-state index contributed by atoms with van der Waals surface area (Å²) in [5.74, 6) is 0.749. The van der Waals surface area contributed by atoms with Crippen molar-refractivity contribution in [3.8, 4) is 6.07 Å². The van der Waals surface area contributed by atoms with Crippen molar-refractivity contribution in [2.75, 3.05) is 13.1 Å². The maximum Gasteiger partial charge on any atom is 0.152 e. The number of nitrogens with two attached hydrogens (primary N) is 1. The topological polar surface area (TPSA) is 65.4 Å². The van der Waals surface area contributed by atoms with Crippen LogP contribution in [0.25, 0.3) is 5.57 Å². The third-order valence-electron chi connectivity index (χ3n) is 3.60. The number of nitriles is 1. The van der Waals surface area contributed by atoms with Gasteiger partial charge in [0.2, 0.25) is 0 Å². The van der Waals surface area contributed by atoms with Crippen molar-refractivity contribution < 1.29 is 0 Å². The zero-order valence-corrected chi connectivity index (χ0v) is 11.2. The molecule has 2 aliphatic heterocycles. The highest BCUT2D eigenvalue weighted by Gasteiger charge is 2.26. The molecule has 100 valence electrons. The molecule has 20 heavy (non-hydrogen) atoms. The Morgan fingerprint density at radius 2 is 2.00 bits per heavy atom. The molecular weight excluding hydrogens is 248 g/mol. The summed E-state index contributed by atoms with van der Waals surface area (Å²) in [5, 5.41) is 9.45. The summed E-state index contributed by atoms with van der Waals surface area (Å²) >= 11 is 0. The number of allylic oxidation sites excluding steroid dienone is 2. The van der Waals surface area contributed by atoms with Gasteiger partial charge in [0.25, 0.3) is 0 Å². The van der Waals surface area contributed by atoms with Crippen LogP contribution >= 0.6 is 0 Å². The van der Waals surface area contributed by atoms with Crippen LogP contribution in [0.15, 0.2) is 52.8 Å². The van der Waals surface area contributed by atoms with E-state index in [4.69, 9.17) is 5.73 Å². The maximum atomic E-state index is 9.45. The Kier molecular flexibility index (Phi) is 3.26. The van der Waals surface area contributed by atoms with E-state index >= 15 is 0 Å². The third kappa shape index (κ3) is 2.08. The minimum Gasteiger partial charge on any atom is -0.395 e. The van der Waals surface area contributed by atoms with Gasteiger partial charge in [-0.1, -0.05) is 30.3 Å². The molecule has 4 nitrogen and oxygen atoms in total. The lowest BCUT2D eigenvalue weighted by Gasteiger charge is -2.27. The molecule has 0 radical (unpaired) electrons. The summed E-state index contributed by atoms with van der Waals surface area (Å²) in [6.45, 7) is 1.67. The molecule has 0 bridgehead atoms. The number of aliphatic imine (C=N–C) groups is 1. The molecule has 3 rings (SSSR count). The number of nitrogens with zero attached hydrogens (tertiary/aromatic N) is 3. The van der Waals surface area contributed by atoms with Crippen molar-refractivity contribution in [1.29, 1.82) is 5.26 Å². The van der Waals surface area contributed by atoms with Crippen molar-refractivity contribution >= 4 is 11.4 Å². The molecule has 1 aromatic carbocycles. The lowest BCUT2D eigenvalue weighted by Crippen LogP contribution is -2.34. The summed E-state index contributed by atoms with van der Waals surface area (Å²) in [4.78, 5) is 6.59. The van der Waals surface area contributed by atoms with Crippen LogP contribution in [0.4, 0.5) is 0 Å². The molecule has 0 aromatic heterocycles. The van der Waals surface area contributed by atoms with E-state index < -0.39 is 0 Å². The fraction of sp³-hybridized carbons (Fsp3) is 0.250. The number of hydrogen-bond donors (Lipinski definition) is 1. The molecule has 4 heteroatoms. The highest BCUT2D eigenvalue weighted by molar-refractivity contribution is 6.07. The molecule has 0 spiro atoms. The second-order valence-corrected chi connectivity index (χ2v) is 4.92. The zero-order valence-electron chi connectivity index (χ0n) is 11.2. The molecule has 0 saturated carbocycles. The quantitative estimate of drug-likeness (QED) is 0.846. The van der Waals surface area contributed by atoms with E-state index in [-0.39, 0.29) is 0 Å². The predicted octanol–water partition coefficient (Wildman–Crippen LogP) is 2.27. The summed E-state index contributed by atoms with van der Waals surface area (Å²) in [7, 11) is 0. The van der Waals surface area contributed by atoms with E-state index in [0.717, 1.165) is 42.9 Å². The second-order valence-electron chi connectivity index (χ2n) is 4.92. The van der Waals surface area contributed by atoms with Crippen LogP contribution in [0.3, 0.4) is 0 Å². The number of rotatable bonds is 1. The average molecular weight is 264 g/mol. The van der Waals surface area contributed by atoms with E-state index in [1.165, 1.54) is 0 Å². The van der Waals surface area contributed by atoms with E-state index in [2.05, 4.69) is 16.0 Å². The first-order valence-electron chi connectivity index (χ1n) is 6.80. The molecule has 0 unspecified atom stereocenters. The monoisotopic (exact) mass is 264 g/mol. The van der Waals surface area contributed by atoms with Gasteiger partial charge in [-0.2, -0.15) is 5.26 Å². The van der Waals surface area contributed by atoms with Crippen LogP contribution in [0, 0.1) is 11.3 Å². The van der Waals surface area contributed by atoms with Gasteiger partial charge in [-0.25, -0.2) is 0 Å². The molecule has 2 aliphatic rings. The third-order valence-corrected chi connectivity index (χ3v) is 3.60. The largest absolute Gasteiger partial charge is 0.395 e. The molecule has 1 aromatic rings. The first-order chi connectivity index (χ1) is 9.81. The van der Waals surface area contributed by atoms with Crippen molar-refractivity contribution in [2.45, 2.75) is 12.8 Å². The van der Waals surface area contributed by atoms with Crippen molar-refractivity contribution in [2.24, 2.45) is 10.7 Å². The van der Waals surface area contributed by atoms with E-state index in [1.54, 1.807) is 0 Å². The molecule has 0 fully saturated rings. The van der Waals surface area contributed by atoms with Crippen molar-refractivity contribution in [3.05, 3.63) is 53.4 Å². The molecule has 0 amide bonds. The Morgan fingerprint density at radius 1 is 1.20 bits per heavy atom. The first-order valence-corrected chi connectivity index (χ1v) is 6.80. The van der Waals surface area contributed by atoms with Crippen LogP contribution in [0.5, 0.6) is 0 Å². The Bertz CT molecular complexity index is 647. The first kappa shape index (κ1) is 12.5. The summed E-state index contributed by atoms with van der Waals surface area (Å²) in [6, 6.07) is 12.1. The Labute approximate surface area is 118 Å². The zero-order chi connectivity index (χ0) is 13.9. The van der Waals surface area contributed by atoms with Gasteiger partial charge in [0.1, 0.15) is 6.07 Å². The van der Waals surface area contributed by atoms with Gasteiger partial charge in [0, 0.05) is 24.9 Å². The van der Waals surface area contributed by atoms with Gasteiger partial charge >= 0.3 is 0 Å². The fourth-order valence-electron chi connectivity index (χ4n) is 2.58. The van der Waals surface area contributed by atoms with Crippen LogP contribution in [0.1, 0.15) is 18.4 Å². The molecule has 0 saturated heterocycles. The predicted molar refractivity (Wildman–Crippen MR) is 79.5 cm³/mol. The van der Waals surface area contributed by atoms with Gasteiger partial charge in [-0.3, -0.25) is 4.99 Å². The molecule has 2 heterocycles. The smallest absolute Gasteiger partial charge is 0.152 e. The molecule has 2 N–H and O–H groups in total. The average Bonchev–Trinajstić information content (AvgIpc) is 2.73. The van der Waals surface area contributed by atoms with Gasteiger partial charge in [0.15, 0.2) is 5.84 Å². The summed E-state index contributed by atoms with van der Waals surface area (Å²) in [6.07, 6.45) is 4.15. The SMILES string of the molecule is N#CC1=C(N)C2=NCCCCN2C=C1c1ccccc1. The van der Waals surface area contributed by atoms with Gasteiger partial charge in [-0.05, 0) is 18.4 Å². The molecule has 0 aliphatic carbocycles. The highest BCUT2D eigenvalue weighted by atomic mass is 15.2. The van der Waals surface area contributed by atoms with Gasteiger partial charge in [0.05, 0.1) is 11.3 Å². The standard InChI is InChI=1S/C16H16N4/c17-10-13-14(12-6-2-1-3-7-12)11-20-9-5-4-8-19-16(20)15(13)18/h1-3,6-7,11H,4-5,8-9,18H2. The Balaban J connectivity index is 2.13. The lowest BCUT2D eigenvalue weighted by molar-refractivity contribution is 0.538. The normalized spacial score (nSPS) is 18.6. The molecule has 0 atom stereocenters. The van der Waals surface area contributed by atoms with Crippen LogP contribution in [-0.4, -0.2) is 23.8 Å². The van der Waals surface area contributed by atoms with Crippen LogP contribution < -0.4 is 5.73 Å². The summed E-state index contributed by atoms with van der Waals surface area (Å²) < 4.78 is 0. The van der Waals surface area contributed by atoms with Crippen LogP contribution in [0.2, 0.25) is 0 Å². The number of hydrogen-bond acceptors (Lipinski definition) is 4. The van der Waals surface area contributed by atoms with E-state index in [1.807, 2.05) is 36.5 Å². The highest BCUT2D eigenvalue weighted by Crippen LogP contribution is 2.30. The Hall–Kier alpha value is -2.54. The Morgan fingerprint density at radius 3 is 2.75 bits per heavy atom. The number of fused-ring (bicyclic) bond motifs is 1. The van der Waals surface area contributed by atoms with Crippen LogP contribution in [-0.2, 0) is 0 Å². The fourth-order valence-corrected chi connectivity index (χ4v) is 2.58. The molecular formula is C16H16N4. The summed E-state index contributed by atoms with van der Waals surface area (Å²) in [5.41, 5.74) is 9.09. The maximum absolute atomic E-state index is 9.45. The number of benzene rings is 1. The second kappa shape index (κ2) is 5.22. The van der Waals surface area contributed by atoms with Crippen molar-refractivity contribution in [3.63, 3.8) is 0 Å². The lowest BCUT2D eigenvalue weighted by atomic mass is 9.95. The van der Waals surface area contributed by atoms with Crippen molar-refractivity contribution in [1.82, 2.24) is 4.90 Å². The number of amidine groups is 1.